The number of pyridine rings is 2. The van der Waals surface area contributed by atoms with Crippen LogP contribution >= 0.6 is 7.92 Å². The predicted molar refractivity (Wildman–Crippen MR) is 84.3 cm³/mol. The first kappa shape index (κ1) is 14.1. The van der Waals surface area contributed by atoms with E-state index in [1.165, 1.54) is 5.30 Å². The Morgan fingerprint density at radius 2 is 1.53 bits per heavy atom. The van der Waals surface area contributed by atoms with E-state index >= 15 is 0 Å². The van der Waals surface area contributed by atoms with Crippen molar-refractivity contribution in [1.82, 2.24) is 9.97 Å². The first-order valence-corrected chi connectivity index (χ1v) is 8.23. The van der Waals surface area contributed by atoms with Crippen molar-refractivity contribution in [2.45, 2.75) is 39.0 Å². The molecule has 0 atom stereocenters. The highest BCUT2D eigenvalue weighted by atomic mass is 31.1. The highest BCUT2D eigenvalue weighted by Crippen LogP contribution is 2.44. The number of aromatic nitrogens is 2. The molecule has 2 heterocycles. The van der Waals surface area contributed by atoms with Gasteiger partial charge in [-0.05, 0) is 34.8 Å². The third-order valence-electron chi connectivity index (χ3n) is 3.09. The number of nitrogens with zero attached hydrogens (tertiary/aromatic N) is 2. The molecule has 0 aliphatic carbocycles. The minimum atomic E-state index is -0.138. The summed E-state index contributed by atoms with van der Waals surface area (Å²) in [5.41, 5.74) is 3.27. The van der Waals surface area contributed by atoms with E-state index in [0.717, 1.165) is 11.4 Å². The Balaban J connectivity index is 2.28. The normalized spacial score (nSPS) is 11.5. The van der Waals surface area contributed by atoms with Crippen LogP contribution in [0.1, 0.15) is 27.7 Å². The molecule has 0 amide bonds. The zero-order chi connectivity index (χ0) is 13.8. The summed E-state index contributed by atoms with van der Waals surface area (Å²) in [6.07, 6.45) is 3.84. The molecule has 0 radical (unpaired) electrons. The van der Waals surface area contributed by atoms with Crippen LogP contribution in [0.5, 0.6) is 0 Å². The molecule has 0 aliphatic rings. The summed E-state index contributed by atoms with van der Waals surface area (Å²) >= 11 is 0. The molecule has 0 fully saturated rings. The van der Waals surface area contributed by atoms with Gasteiger partial charge in [-0.3, -0.25) is 9.97 Å². The van der Waals surface area contributed by atoms with Crippen LogP contribution in [0.25, 0.3) is 11.4 Å². The maximum Gasteiger partial charge on any atom is 0.0886 e. The summed E-state index contributed by atoms with van der Waals surface area (Å²) in [6, 6.07) is 10.2. The SMILES string of the molecule is CC(C)P(c1ccc(-c2ccccn2)nc1)C(C)C. The molecule has 2 rings (SSSR count). The fourth-order valence-corrected chi connectivity index (χ4v) is 5.22. The van der Waals surface area contributed by atoms with Crippen molar-refractivity contribution in [2.75, 3.05) is 0 Å². The standard InChI is InChI=1S/C16H21N2P/c1-12(2)19(13(3)4)14-8-9-16(18-11-14)15-7-5-6-10-17-15/h5-13H,1-4H3. The second kappa shape index (κ2) is 6.25. The first-order chi connectivity index (χ1) is 9.09. The molecule has 3 heteroatoms. The number of hydrogen-bond donors (Lipinski definition) is 0. The predicted octanol–water partition coefficient (Wildman–Crippen LogP) is 4.07. The fourth-order valence-electron chi connectivity index (χ4n) is 2.40. The molecule has 2 nitrogen and oxygen atoms in total. The maximum atomic E-state index is 4.59. The minimum absolute atomic E-state index is 0.138. The molecule has 0 bridgehead atoms. The van der Waals surface area contributed by atoms with Crippen LogP contribution in [-0.2, 0) is 0 Å². The highest BCUT2D eigenvalue weighted by molar-refractivity contribution is 7.66. The molecule has 0 aliphatic heterocycles. The van der Waals surface area contributed by atoms with Crippen LogP contribution in [-0.4, -0.2) is 21.3 Å². The van der Waals surface area contributed by atoms with Gasteiger partial charge in [0.2, 0.25) is 0 Å². The van der Waals surface area contributed by atoms with Gasteiger partial charge in [0.15, 0.2) is 0 Å². The molecule has 0 unspecified atom stereocenters. The van der Waals surface area contributed by atoms with Gasteiger partial charge < -0.3 is 0 Å². The van der Waals surface area contributed by atoms with E-state index in [0.29, 0.717) is 11.3 Å². The van der Waals surface area contributed by atoms with Crippen LogP contribution in [0.2, 0.25) is 0 Å². The van der Waals surface area contributed by atoms with Crippen molar-refractivity contribution in [3.05, 3.63) is 42.7 Å². The first-order valence-electron chi connectivity index (χ1n) is 6.75. The molecule has 0 aromatic carbocycles. The van der Waals surface area contributed by atoms with Gasteiger partial charge in [0.25, 0.3) is 0 Å². The lowest BCUT2D eigenvalue weighted by Gasteiger charge is -2.25. The van der Waals surface area contributed by atoms with E-state index < -0.39 is 0 Å². The molecule has 0 spiro atoms. The van der Waals surface area contributed by atoms with Gasteiger partial charge >= 0.3 is 0 Å². The van der Waals surface area contributed by atoms with E-state index in [1.807, 2.05) is 24.4 Å². The van der Waals surface area contributed by atoms with Crippen LogP contribution in [0.3, 0.4) is 0 Å². The third-order valence-corrected chi connectivity index (χ3v) is 6.17. The molecular formula is C16H21N2P. The van der Waals surface area contributed by atoms with E-state index in [-0.39, 0.29) is 7.92 Å². The Labute approximate surface area is 117 Å². The molecule has 0 N–H and O–H groups in total. The Kier molecular flexibility index (Phi) is 4.66. The molecule has 100 valence electrons. The molecule has 0 saturated heterocycles. The highest BCUT2D eigenvalue weighted by Gasteiger charge is 2.19. The third kappa shape index (κ3) is 3.39. The van der Waals surface area contributed by atoms with Gasteiger partial charge in [0.1, 0.15) is 0 Å². The van der Waals surface area contributed by atoms with E-state index in [9.17, 15) is 0 Å². The smallest absolute Gasteiger partial charge is 0.0886 e. The second-order valence-electron chi connectivity index (χ2n) is 5.21. The molecule has 19 heavy (non-hydrogen) atoms. The lowest BCUT2D eigenvalue weighted by atomic mass is 10.2. The molecule has 0 saturated carbocycles. The summed E-state index contributed by atoms with van der Waals surface area (Å²) in [5, 5.41) is 1.39. The van der Waals surface area contributed by atoms with Crippen molar-refractivity contribution >= 4 is 13.2 Å². The number of hydrogen-bond acceptors (Lipinski definition) is 2. The quantitative estimate of drug-likeness (QED) is 0.784. The van der Waals surface area contributed by atoms with Gasteiger partial charge in [-0.1, -0.05) is 47.7 Å². The second-order valence-corrected chi connectivity index (χ2v) is 8.61. The molecule has 2 aromatic heterocycles. The van der Waals surface area contributed by atoms with Crippen molar-refractivity contribution in [1.29, 1.82) is 0 Å². The minimum Gasteiger partial charge on any atom is -0.255 e. The van der Waals surface area contributed by atoms with Gasteiger partial charge in [0.05, 0.1) is 11.4 Å². The van der Waals surface area contributed by atoms with Crippen LogP contribution in [0.4, 0.5) is 0 Å². The molecular weight excluding hydrogens is 251 g/mol. The van der Waals surface area contributed by atoms with Crippen LogP contribution in [0, 0.1) is 0 Å². The average molecular weight is 272 g/mol. The van der Waals surface area contributed by atoms with Gasteiger partial charge in [-0.25, -0.2) is 0 Å². The summed E-state index contributed by atoms with van der Waals surface area (Å²) in [7, 11) is -0.138. The largest absolute Gasteiger partial charge is 0.255 e. The van der Waals surface area contributed by atoms with Gasteiger partial charge in [-0.15, -0.1) is 0 Å². The summed E-state index contributed by atoms with van der Waals surface area (Å²) in [4.78, 5) is 8.92. The summed E-state index contributed by atoms with van der Waals surface area (Å²) < 4.78 is 0. The zero-order valence-corrected chi connectivity index (χ0v) is 12.9. The molecule has 2 aromatic rings. The lowest BCUT2D eigenvalue weighted by molar-refractivity contribution is 1.02. The van der Waals surface area contributed by atoms with Crippen molar-refractivity contribution in [3.63, 3.8) is 0 Å². The van der Waals surface area contributed by atoms with E-state index in [2.05, 4.69) is 49.8 Å². The summed E-state index contributed by atoms with van der Waals surface area (Å²) in [5.74, 6) is 0. The van der Waals surface area contributed by atoms with Gasteiger partial charge in [0, 0.05) is 12.4 Å². The Morgan fingerprint density at radius 1 is 0.842 bits per heavy atom. The Hall–Kier alpha value is -1.27. The van der Waals surface area contributed by atoms with Gasteiger partial charge in [-0.2, -0.15) is 0 Å². The lowest BCUT2D eigenvalue weighted by Crippen LogP contribution is -2.15. The van der Waals surface area contributed by atoms with Crippen LogP contribution < -0.4 is 5.30 Å². The van der Waals surface area contributed by atoms with E-state index in [1.54, 1.807) is 6.20 Å². The van der Waals surface area contributed by atoms with Crippen molar-refractivity contribution in [2.24, 2.45) is 0 Å². The Morgan fingerprint density at radius 3 is 2.00 bits per heavy atom. The van der Waals surface area contributed by atoms with Crippen molar-refractivity contribution < 1.29 is 0 Å². The summed E-state index contributed by atoms with van der Waals surface area (Å²) in [6.45, 7) is 9.22. The van der Waals surface area contributed by atoms with E-state index in [4.69, 9.17) is 0 Å². The zero-order valence-electron chi connectivity index (χ0n) is 12.0. The number of rotatable bonds is 4. The Bertz CT molecular complexity index is 498. The van der Waals surface area contributed by atoms with Crippen LogP contribution in [0.15, 0.2) is 42.7 Å². The fraction of sp³-hybridized carbons (Fsp3) is 0.375. The monoisotopic (exact) mass is 272 g/mol. The van der Waals surface area contributed by atoms with Crippen molar-refractivity contribution in [3.8, 4) is 11.4 Å². The topological polar surface area (TPSA) is 25.8 Å². The maximum absolute atomic E-state index is 4.59. The average Bonchev–Trinajstić information content (AvgIpc) is 2.40.